The van der Waals surface area contributed by atoms with Gasteiger partial charge in [-0.15, -0.1) is 0 Å². The maximum absolute atomic E-state index is 12.5. The first-order chi connectivity index (χ1) is 14.8. The Hall–Kier alpha value is -3.48. The lowest BCUT2D eigenvalue weighted by Crippen LogP contribution is -2.27. The Morgan fingerprint density at radius 1 is 0.710 bits per heavy atom. The highest BCUT2D eigenvalue weighted by atomic mass is 16.6. The van der Waals surface area contributed by atoms with Crippen LogP contribution in [0.4, 0.5) is 11.4 Å². The van der Waals surface area contributed by atoms with Crippen LogP contribution in [-0.4, -0.2) is 23.5 Å². The molecule has 0 aliphatic heterocycles. The number of benzene rings is 2. The number of ether oxygens (including phenoxy) is 1. The molecule has 0 aliphatic carbocycles. The summed E-state index contributed by atoms with van der Waals surface area (Å²) in [5, 5.41) is 0. The molecule has 0 spiro atoms. The van der Waals surface area contributed by atoms with E-state index >= 15 is 0 Å². The van der Waals surface area contributed by atoms with Gasteiger partial charge in [0, 0.05) is 11.4 Å². The van der Waals surface area contributed by atoms with E-state index in [1.54, 1.807) is 12.1 Å². The van der Waals surface area contributed by atoms with Crippen molar-refractivity contribution in [2.75, 3.05) is 11.5 Å². The van der Waals surface area contributed by atoms with Crippen LogP contribution in [0.3, 0.4) is 0 Å². The van der Waals surface area contributed by atoms with Crippen LogP contribution in [0.1, 0.15) is 71.4 Å². The Balaban J connectivity index is 2.14. The topological polar surface area (TPSA) is 130 Å². The van der Waals surface area contributed by atoms with Gasteiger partial charge < -0.3 is 16.2 Å². The smallest absolute Gasteiger partial charge is 0.387 e. The number of nitrogen functional groups attached to an aromatic ring is 2. The molecule has 2 aromatic carbocycles. The number of anilines is 2. The second-order valence-corrected chi connectivity index (χ2v) is 7.39. The lowest BCUT2D eigenvalue weighted by atomic mass is 10.0. The standard InChI is InChI=1S/C24H28N2O5/c1-3-5-7-15-9-11-19(25)17(13-15)21(27)23(29)31-24(30)22(28)18-14-16(8-6-4-2)10-12-20(18)26/h9-14H,3-8,25-26H2,1-2H3. The highest BCUT2D eigenvalue weighted by molar-refractivity contribution is 6.49. The van der Waals surface area contributed by atoms with E-state index < -0.39 is 23.5 Å². The molecular formula is C24H28N2O5. The van der Waals surface area contributed by atoms with E-state index in [0.717, 1.165) is 49.7 Å². The number of nitrogens with two attached hydrogens (primary N) is 2. The van der Waals surface area contributed by atoms with Crippen LogP contribution in [0.2, 0.25) is 0 Å². The summed E-state index contributed by atoms with van der Waals surface area (Å²) in [6, 6.07) is 9.63. The van der Waals surface area contributed by atoms with Gasteiger partial charge in [-0.25, -0.2) is 9.59 Å². The van der Waals surface area contributed by atoms with Gasteiger partial charge in [-0.3, -0.25) is 9.59 Å². The number of aryl methyl sites for hydroxylation is 2. The summed E-state index contributed by atoms with van der Waals surface area (Å²) in [6.45, 7) is 4.07. The normalized spacial score (nSPS) is 10.5. The monoisotopic (exact) mass is 424 g/mol. The van der Waals surface area contributed by atoms with E-state index in [9.17, 15) is 19.2 Å². The summed E-state index contributed by atoms with van der Waals surface area (Å²) in [5.74, 6) is -5.08. The van der Waals surface area contributed by atoms with Gasteiger partial charge in [0.25, 0.3) is 11.6 Å². The van der Waals surface area contributed by atoms with Crippen molar-refractivity contribution in [3.8, 4) is 0 Å². The quantitative estimate of drug-likeness (QED) is 0.196. The van der Waals surface area contributed by atoms with Gasteiger partial charge in [0.15, 0.2) is 0 Å². The zero-order valence-corrected chi connectivity index (χ0v) is 17.9. The molecule has 0 unspecified atom stereocenters. The highest BCUT2D eigenvalue weighted by Gasteiger charge is 2.28. The largest absolute Gasteiger partial charge is 0.398 e. The summed E-state index contributed by atoms with van der Waals surface area (Å²) >= 11 is 0. The summed E-state index contributed by atoms with van der Waals surface area (Å²) in [5.41, 5.74) is 13.4. The van der Waals surface area contributed by atoms with E-state index in [1.165, 1.54) is 24.3 Å². The van der Waals surface area contributed by atoms with Crippen LogP contribution in [0.25, 0.3) is 0 Å². The van der Waals surface area contributed by atoms with Crippen molar-refractivity contribution in [1.29, 1.82) is 0 Å². The second kappa shape index (κ2) is 11.1. The molecule has 0 aliphatic rings. The van der Waals surface area contributed by atoms with E-state index in [1.807, 2.05) is 13.8 Å². The number of hydrogen-bond acceptors (Lipinski definition) is 7. The maximum Gasteiger partial charge on any atom is 0.387 e. The lowest BCUT2D eigenvalue weighted by Gasteiger charge is -2.09. The molecule has 0 aromatic heterocycles. The summed E-state index contributed by atoms with van der Waals surface area (Å²) in [7, 11) is 0. The molecule has 0 saturated heterocycles. The minimum atomic E-state index is -1.46. The average Bonchev–Trinajstić information content (AvgIpc) is 2.76. The molecule has 2 rings (SSSR count). The summed E-state index contributed by atoms with van der Waals surface area (Å²) in [4.78, 5) is 49.4. The van der Waals surface area contributed by atoms with Crippen molar-refractivity contribution in [3.63, 3.8) is 0 Å². The minimum Gasteiger partial charge on any atom is -0.398 e. The van der Waals surface area contributed by atoms with Gasteiger partial charge in [0.2, 0.25) is 0 Å². The zero-order chi connectivity index (χ0) is 23.0. The molecule has 4 N–H and O–H groups in total. The molecule has 0 heterocycles. The lowest BCUT2D eigenvalue weighted by molar-refractivity contribution is -0.152. The van der Waals surface area contributed by atoms with Crippen molar-refractivity contribution in [3.05, 3.63) is 58.7 Å². The first-order valence-electron chi connectivity index (χ1n) is 10.4. The van der Waals surface area contributed by atoms with Crippen LogP contribution in [0.15, 0.2) is 36.4 Å². The number of hydrogen-bond donors (Lipinski definition) is 2. The van der Waals surface area contributed by atoms with Crippen LogP contribution in [-0.2, 0) is 27.2 Å². The SMILES string of the molecule is CCCCc1ccc(N)c(C(=O)C(=O)OC(=O)C(=O)c2cc(CCCC)ccc2N)c1. The molecule has 31 heavy (non-hydrogen) atoms. The van der Waals surface area contributed by atoms with Gasteiger partial charge >= 0.3 is 11.9 Å². The molecule has 0 radical (unpaired) electrons. The Morgan fingerprint density at radius 3 is 1.45 bits per heavy atom. The fourth-order valence-electron chi connectivity index (χ4n) is 3.07. The number of unbranched alkanes of at least 4 members (excludes halogenated alkanes) is 2. The third kappa shape index (κ3) is 6.25. The Kier molecular flexibility index (Phi) is 8.49. The molecule has 0 fully saturated rings. The first kappa shape index (κ1) is 23.8. The fraction of sp³-hybridized carbons (Fsp3) is 0.333. The molecule has 0 bridgehead atoms. The average molecular weight is 424 g/mol. The van der Waals surface area contributed by atoms with Crippen LogP contribution in [0, 0.1) is 0 Å². The van der Waals surface area contributed by atoms with E-state index in [2.05, 4.69) is 4.74 Å². The number of Topliss-reactive ketones (excluding diaryl/α,β-unsaturated/α-hetero) is 2. The van der Waals surface area contributed by atoms with E-state index in [-0.39, 0.29) is 22.5 Å². The van der Waals surface area contributed by atoms with Crippen LogP contribution < -0.4 is 11.5 Å². The summed E-state index contributed by atoms with van der Waals surface area (Å²) < 4.78 is 4.55. The number of esters is 2. The Labute approximate surface area is 181 Å². The Bertz CT molecular complexity index is 918. The first-order valence-corrected chi connectivity index (χ1v) is 10.4. The maximum atomic E-state index is 12.5. The summed E-state index contributed by atoms with van der Waals surface area (Å²) in [6.07, 6.45) is 5.19. The number of ketones is 2. The van der Waals surface area contributed by atoms with Gasteiger partial charge in [0.1, 0.15) is 0 Å². The molecule has 164 valence electrons. The van der Waals surface area contributed by atoms with E-state index in [0.29, 0.717) is 0 Å². The zero-order valence-electron chi connectivity index (χ0n) is 17.9. The molecule has 0 atom stereocenters. The number of rotatable bonds is 10. The van der Waals surface area contributed by atoms with Gasteiger partial charge in [0.05, 0.1) is 11.1 Å². The van der Waals surface area contributed by atoms with E-state index in [4.69, 9.17) is 11.5 Å². The molecule has 2 aromatic rings. The highest BCUT2D eigenvalue weighted by Crippen LogP contribution is 2.19. The minimum absolute atomic E-state index is 0.0556. The third-order valence-electron chi connectivity index (χ3n) is 4.92. The number of carbonyl (C=O) groups is 4. The second-order valence-electron chi connectivity index (χ2n) is 7.39. The Morgan fingerprint density at radius 2 is 1.10 bits per heavy atom. The molecule has 7 heteroatoms. The van der Waals surface area contributed by atoms with Crippen molar-refractivity contribution >= 4 is 34.9 Å². The van der Waals surface area contributed by atoms with Crippen molar-refractivity contribution in [1.82, 2.24) is 0 Å². The van der Waals surface area contributed by atoms with Crippen LogP contribution in [0.5, 0.6) is 0 Å². The van der Waals surface area contributed by atoms with Gasteiger partial charge in [-0.1, -0.05) is 38.8 Å². The predicted octanol–water partition coefficient (Wildman–Crippen LogP) is 3.67. The molecule has 0 saturated carbocycles. The van der Waals surface area contributed by atoms with Crippen molar-refractivity contribution in [2.45, 2.75) is 52.4 Å². The van der Waals surface area contributed by atoms with Crippen molar-refractivity contribution < 1.29 is 23.9 Å². The molecule has 0 amide bonds. The fourth-order valence-corrected chi connectivity index (χ4v) is 3.07. The molecule has 7 nitrogen and oxygen atoms in total. The van der Waals surface area contributed by atoms with Crippen molar-refractivity contribution in [2.24, 2.45) is 0 Å². The van der Waals surface area contributed by atoms with Gasteiger partial charge in [-0.2, -0.15) is 0 Å². The third-order valence-corrected chi connectivity index (χ3v) is 4.92. The van der Waals surface area contributed by atoms with Crippen LogP contribution >= 0.6 is 0 Å². The predicted molar refractivity (Wildman–Crippen MR) is 119 cm³/mol. The van der Waals surface area contributed by atoms with Gasteiger partial charge in [-0.05, 0) is 61.1 Å². The molecular weight excluding hydrogens is 396 g/mol. The number of carbonyl (C=O) groups excluding carboxylic acids is 4.